The molecule has 26 heavy (non-hydrogen) atoms. The van der Waals surface area contributed by atoms with E-state index in [1.165, 1.54) is 0 Å². The van der Waals surface area contributed by atoms with Gasteiger partial charge in [-0.25, -0.2) is 0 Å². The number of ether oxygens (including phenoxy) is 1. The summed E-state index contributed by atoms with van der Waals surface area (Å²) in [6.07, 6.45) is 6.50. The lowest BCUT2D eigenvalue weighted by Crippen LogP contribution is -2.41. The van der Waals surface area contributed by atoms with Crippen molar-refractivity contribution < 1.29 is 9.53 Å². The average molecular weight is 351 g/mol. The van der Waals surface area contributed by atoms with Gasteiger partial charge >= 0.3 is 0 Å². The van der Waals surface area contributed by atoms with E-state index in [-0.39, 0.29) is 12.0 Å². The van der Waals surface area contributed by atoms with Crippen molar-refractivity contribution in [3.05, 3.63) is 54.9 Å². The largest absolute Gasteiger partial charge is 0.489 e. The van der Waals surface area contributed by atoms with Crippen LogP contribution >= 0.6 is 0 Å². The number of anilines is 1. The molecule has 3 heterocycles. The number of hydrogen-bond acceptors (Lipinski definition) is 4. The van der Waals surface area contributed by atoms with Gasteiger partial charge in [0.05, 0.1) is 6.20 Å². The number of amides is 1. The number of rotatable bonds is 5. The second-order valence-electron chi connectivity index (χ2n) is 7.22. The summed E-state index contributed by atoms with van der Waals surface area (Å²) in [5, 5.41) is 0. The molecule has 2 fully saturated rings. The molecule has 136 valence electrons. The van der Waals surface area contributed by atoms with E-state index in [0.29, 0.717) is 12.3 Å². The molecule has 0 N–H and O–H groups in total. The van der Waals surface area contributed by atoms with E-state index in [4.69, 9.17) is 4.74 Å². The zero-order chi connectivity index (χ0) is 17.8. The number of carbonyl (C=O) groups is 1. The zero-order valence-electron chi connectivity index (χ0n) is 15.0. The van der Waals surface area contributed by atoms with Crippen LogP contribution in [-0.4, -0.2) is 48.1 Å². The number of benzene rings is 1. The van der Waals surface area contributed by atoms with Crippen molar-refractivity contribution in [1.29, 1.82) is 0 Å². The molecule has 0 aliphatic carbocycles. The number of likely N-dealkylation sites (tertiary alicyclic amines) is 1. The van der Waals surface area contributed by atoms with Gasteiger partial charge in [-0.15, -0.1) is 0 Å². The Balaban J connectivity index is 1.25. The third-order valence-electron chi connectivity index (χ3n) is 5.26. The zero-order valence-corrected chi connectivity index (χ0v) is 15.0. The van der Waals surface area contributed by atoms with Crippen molar-refractivity contribution in [2.24, 2.45) is 5.92 Å². The number of aromatic nitrogens is 1. The molecule has 0 saturated carbocycles. The van der Waals surface area contributed by atoms with E-state index in [0.717, 1.165) is 50.5 Å². The fraction of sp³-hybridized carbons (Fsp3) is 0.429. The maximum atomic E-state index is 12.4. The molecule has 0 spiro atoms. The van der Waals surface area contributed by atoms with Gasteiger partial charge in [-0.2, -0.15) is 0 Å². The Morgan fingerprint density at radius 2 is 1.88 bits per heavy atom. The third-order valence-corrected chi connectivity index (χ3v) is 5.26. The minimum atomic E-state index is 0.246. The molecule has 0 bridgehead atoms. The summed E-state index contributed by atoms with van der Waals surface area (Å²) in [4.78, 5) is 20.9. The van der Waals surface area contributed by atoms with Crippen molar-refractivity contribution >= 4 is 11.6 Å². The maximum Gasteiger partial charge on any atom is 0.227 e. The molecule has 1 aromatic heterocycles. The minimum Gasteiger partial charge on any atom is -0.489 e. The topological polar surface area (TPSA) is 45.7 Å². The SMILES string of the molecule is O=C1CC(CN2CCC(Oc3cccnc3)CC2)CN1c1ccccc1. The number of carbonyl (C=O) groups excluding carboxylic acids is 1. The van der Waals surface area contributed by atoms with Crippen molar-refractivity contribution in [2.45, 2.75) is 25.4 Å². The molecule has 4 rings (SSSR count). The molecule has 1 aromatic carbocycles. The molecule has 2 aromatic rings. The quantitative estimate of drug-likeness (QED) is 0.831. The van der Waals surface area contributed by atoms with E-state index in [1.807, 2.05) is 47.4 Å². The molecule has 1 amide bonds. The van der Waals surface area contributed by atoms with Gasteiger partial charge < -0.3 is 14.5 Å². The van der Waals surface area contributed by atoms with Crippen molar-refractivity contribution in [2.75, 3.05) is 31.1 Å². The highest BCUT2D eigenvalue weighted by molar-refractivity contribution is 5.95. The van der Waals surface area contributed by atoms with Gasteiger partial charge in [0, 0.05) is 44.5 Å². The smallest absolute Gasteiger partial charge is 0.227 e. The van der Waals surface area contributed by atoms with Crippen LogP contribution in [0.15, 0.2) is 54.9 Å². The molecule has 2 aliphatic heterocycles. The van der Waals surface area contributed by atoms with Crippen LogP contribution in [0.2, 0.25) is 0 Å². The number of para-hydroxylation sites is 1. The molecule has 1 unspecified atom stereocenters. The predicted octanol–water partition coefficient (Wildman–Crippen LogP) is 2.98. The van der Waals surface area contributed by atoms with Crippen molar-refractivity contribution in [3.63, 3.8) is 0 Å². The Morgan fingerprint density at radius 3 is 2.62 bits per heavy atom. The van der Waals surface area contributed by atoms with Crippen LogP contribution in [0.4, 0.5) is 5.69 Å². The summed E-state index contributed by atoms with van der Waals surface area (Å²) in [5.74, 6) is 1.51. The Hall–Kier alpha value is -2.40. The lowest BCUT2D eigenvalue weighted by Gasteiger charge is -2.33. The third kappa shape index (κ3) is 4.05. The fourth-order valence-electron chi connectivity index (χ4n) is 3.95. The lowest BCUT2D eigenvalue weighted by molar-refractivity contribution is -0.117. The van der Waals surface area contributed by atoms with Crippen LogP contribution in [0.25, 0.3) is 0 Å². The van der Waals surface area contributed by atoms with Crippen LogP contribution in [0.5, 0.6) is 5.75 Å². The summed E-state index contributed by atoms with van der Waals surface area (Å²) in [6, 6.07) is 13.9. The highest BCUT2D eigenvalue weighted by Crippen LogP contribution is 2.26. The maximum absolute atomic E-state index is 12.4. The molecule has 0 radical (unpaired) electrons. The minimum absolute atomic E-state index is 0.246. The number of hydrogen-bond donors (Lipinski definition) is 0. The average Bonchev–Trinajstić information content (AvgIpc) is 3.05. The summed E-state index contributed by atoms with van der Waals surface area (Å²) in [5.41, 5.74) is 1.02. The van der Waals surface area contributed by atoms with Gasteiger partial charge in [-0.05, 0) is 43.0 Å². The highest BCUT2D eigenvalue weighted by Gasteiger charge is 2.32. The lowest BCUT2D eigenvalue weighted by atomic mass is 10.0. The fourth-order valence-corrected chi connectivity index (χ4v) is 3.95. The van der Waals surface area contributed by atoms with E-state index >= 15 is 0 Å². The summed E-state index contributed by atoms with van der Waals surface area (Å²) >= 11 is 0. The monoisotopic (exact) mass is 351 g/mol. The van der Waals surface area contributed by atoms with Crippen LogP contribution in [0.3, 0.4) is 0 Å². The van der Waals surface area contributed by atoms with Gasteiger partial charge in [-0.3, -0.25) is 9.78 Å². The van der Waals surface area contributed by atoms with Crippen LogP contribution < -0.4 is 9.64 Å². The van der Waals surface area contributed by atoms with Gasteiger partial charge in [0.25, 0.3) is 0 Å². The normalized spacial score (nSPS) is 21.9. The van der Waals surface area contributed by atoms with E-state index in [2.05, 4.69) is 9.88 Å². The van der Waals surface area contributed by atoms with Crippen molar-refractivity contribution in [1.82, 2.24) is 9.88 Å². The van der Waals surface area contributed by atoms with Crippen molar-refractivity contribution in [3.8, 4) is 5.75 Å². The Bertz CT molecular complexity index is 715. The first kappa shape index (κ1) is 17.0. The van der Waals surface area contributed by atoms with E-state index in [9.17, 15) is 4.79 Å². The summed E-state index contributed by atoms with van der Waals surface area (Å²) in [7, 11) is 0. The summed E-state index contributed by atoms with van der Waals surface area (Å²) in [6.45, 7) is 3.88. The second kappa shape index (κ2) is 7.87. The summed E-state index contributed by atoms with van der Waals surface area (Å²) < 4.78 is 6.01. The van der Waals surface area contributed by atoms with Crippen LogP contribution in [0, 0.1) is 5.92 Å². The van der Waals surface area contributed by atoms with Crippen LogP contribution in [0.1, 0.15) is 19.3 Å². The first-order valence-electron chi connectivity index (χ1n) is 9.42. The Labute approximate surface area is 154 Å². The molecule has 2 saturated heterocycles. The predicted molar refractivity (Wildman–Crippen MR) is 101 cm³/mol. The van der Waals surface area contributed by atoms with E-state index in [1.54, 1.807) is 12.4 Å². The van der Waals surface area contributed by atoms with E-state index < -0.39 is 0 Å². The molecule has 2 aliphatic rings. The van der Waals surface area contributed by atoms with Gasteiger partial charge in [0.15, 0.2) is 0 Å². The molecular weight excluding hydrogens is 326 g/mol. The number of nitrogens with zero attached hydrogens (tertiary/aromatic N) is 3. The van der Waals surface area contributed by atoms with Crippen LogP contribution in [-0.2, 0) is 4.79 Å². The Morgan fingerprint density at radius 1 is 1.08 bits per heavy atom. The first-order chi connectivity index (χ1) is 12.8. The first-order valence-corrected chi connectivity index (χ1v) is 9.42. The molecular formula is C21H25N3O2. The van der Waals surface area contributed by atoms with Gasteiger partial charge in [-0.1, -0.05) is 18.2 Å². The molecule has 5 nitrogen and oxygen atoms in total. The highest BCUT2D eigenvalue weighted by atomic mass is 16.5. The number of piperidine rings is 1. The number of pyridine rings is 1. The molecule has 1 atom stereocenters. The second-order valence-corrected chi connectivity index (χ2v) is 7.22. The standard InChI is InChI=1S/C21H25N3O2/c25-21-13-17(16-24(21)18-5-2-1-3-6-18)15-23-11-8-19(9-12-23)26-20-7-4-10-22-14-20/h1-7,10,14,17,19H,8-9,11-13,15-16H2. The Kier molecular flexibility index (Phi) is 5.16. The molecule has 5 heteroatoms. The van der Waals surface area contributed by atoms with Gasteiger partial charge in [0.2, 0.25) is 5.91 Å². The van der Waals surface area contributed by atoms with Gasteiger partial charge in [0.1, 0.15) is 11.9 Å².